The zero-order chi connectivity index (χ0) is 13.1. The van der Waals surface area contributed by atoms with Crippen molar-refractivity contribution in [1.29, 1.82) is 0 Å². The number of fused-ring (bicyclic) bond motifs is 1. The van der Waals surface area contributed by atoms with E-state index in [4.69, 9.17) is 9.47 Å². The van der Waals surface area contributed by atoms with E-state index in [1.165, 1.54) is 0 Å². The zero-order valence-corrected chi connectivity index (χ0v) is 10.1. The lowest BCUT2D eigenvalue weighted by Crippen LogP contribution is -2.14. The molecule has 0 radical (unpaired) electrons. The number of nitrogens with one attached hydrogen (secondary N) is 1. The van der Waals surface area contributed by atoms with Crippen molar-refractivity contribution < 1.29 is 14.3 Å². The monoisotopic (exact) mass is 256 g/mol. The summed E-state index contributed by atoms with van der Waals surface area (Å²) >= 11 is 0. The van der Waals surface area contributed by atoms with Crippen molar-refractivity contribution in [2.24, 2.45) is 0 Å². The van der Waals surface area contributed by atoms with E-state index in [1.807, 2.05) is 18.2 Å². The van der Waals surface area contributed by atoms with Crippen LogP contribution in [0, 0.1) is 0 Å². The molecule has 0 unspecified atom stereocenters. The highest BCUT2D eigenvalue weighted by Crippen LogP contribution is 2.34. The van der Waals surface area contributed by atoms with Crippen molar-refractivity contribution in [2.45, 2.75) is 6.42 Å². The number of hydrogen-bond donors (Lipinski definition) is 1. The second kappa shape index (κ2) is 4.97. The standard InChI is InChI=1S/C14H12N2O3/c17-14(8-10-3-1-2-6-15-10)16-11-4-5-12-13(7-11)19-9-18-12/h1-7H,8-9H2,(H,16,17). The number of ether oxygens (including phenoxy) is 2. The number of carbonyl (C=O) groups is 1. The largest absolute Gasteiger partial charge is 0.454 e. The Labute approximate surface area is 110 Å². The van der Waals surface area contributed by atoms with E-state index in [1.54, 1.807) is 24.4 Å². The van der Waals surface area contributed by atoms with Crippen LogP contribution in [0.5, 0.6) is 11.5 Å². The van der Waals surface area contributed by atoms with Gasteiger partial charge in [-0.1, -0.05) is 6.07 Å². The Kier molecular flexibility index (Phi) is 3.02. The topological polar surface area (TPSA) is 60.5 Å². The summed E-state index contributed by atoms with van der Waals surface area (Å²) in [5.41, 5.74) is 1.42. The van der Waals surface area contributed by atoms with Gasteiger partial charge in [0.2, 0.25) is 12.7 Å². The zero-order valence-electron chi connectivity index (χ0n) is 10.1. The second-order valence-electron chi connectivity index (χ2n) is 4.11. The van der Waals surface area contributed by atoms with E-state index in [9.17, 15) is 4.79 Å². The van der Waals surface area contributed by atoms with Crippen LogP contribution in [0.3, 0.4) is 0 Å². The molecule has 1 N–H and O–H groups in total. The fourth-order valence-electron chi connectivity index (χ4n) is 1.85. The Morgan fingerprint density at radius 3 is 2.95 bits per heavy atom. The fraction of sp³-hybridized carbons (Fsp3) is 0.143. The van der Waals surface area contributed by atoms with E-state index >= 15 is 0 Å². The van der Waals surface area contributed by atoms with Crippen molar-refractivity contribution in [2.75, 3.05) is 12.1 Å². The minimum atomic E-state index is -0.113. The molecule has 1 aromatic carbocycles. The predicted molar refractivity (Wildman–Crippen MR) is 69.1 cm³/mol. The van der Waals surface area contributed by atoms with Crippen molar-refractivity contribution in [3.8, 4) is 11.5 Å². The Balaban J connectivity index is 1.66. The summed E-state index contributed by atoms with van der Waals surface area (Å²) in [6.45, 7) is 0.223. The number of carbonyl (C=O) groups excluding carboxylic acids is 1. The van der Waals surface area contributed by atoms with Gasteiger partial charge in [-0.25, -0.2) is 0 Å². The molecule has 5 nitrogen and oxygen atoms in total. The smallest absolute Gasteiger partial charge is 0.231 e. The third-order valence-corrected chi connectivity index (χ3v) is 2.72. The summed E-state index contributed by atoms with van der Waals surface area (Å²) < 4.78 is 10.5. The summed E-state index contributed by atoms with van der Waals surface area (Å²) in [4.78, 5) is 16.0. The third kappa shape index (κ3) is 2.65. The fourth-order valence-corrected chi connectivity index (χ4v) is 1.85. The third-order valence-electron chi connectivity index (χ3n) is 2.72. The molecule has 1 aromatic heterocycles. The summed E-state index contributed by atoms with van der Waals surface area (Å²) in [6, 6.07) is 10.8. The number of aromatic nitrogens is 1. The molecule has 5 heteroatoms. The van der Waals surface area contributed by atoms with Gasteiger partial charge in [0.1, 0.15) is 0 Å². The molecule has 0 saturated heterocycles. The number of nitrogens with zero attached hydrogens (tertiary/aromatic N) is 1. The van der Waals surface area contributed by atoms with Crippen LogP contribution in [0.2, 0.25) is 0 Å². The van der Waals surface area contributed by atoms with Crippen molar-refractivity contribution in [3.05, 3.63) is 48.3 Å². The Hall–Kier alpha value is -2.56. The molecule has 19 heavy (non-hydrogen) atoms. The average molecular weight is 256 g/mol. The first kappa shape index (κ1) is 11.5. The first-order valence-corrected chi connectivity index (χ1v) is 5.91. The maximum Gasteiger partial charge on any atom is 0.231 e. The number of benzene rings is 1. The quantitative estimate of drug-likeness (QED) is 0.912. The van der Waals surface area contributed by atoms with Gasteiger partial charge < -0.3 is 14.8 Å². The minimum absolute atomic E-state index is 0.113. The maximum atomic E-state index is 11.9. The molecule has 96 valence electrons. The van der Waals surface area contributed by atoms with Gasteiger partial charge in [-0.2, -0.15) is 0 Å². The molecule has 0 atom stereocenters. The van der Waals surface area contributed by atoms with E-state index < -0.39 is 0 Å². The SMILES string of the molecule is O=C(Cc1ccccn1)Nc1ccc2c(c1)OCO2. The molecule has 1 aliphatic heterocycles. The van der Waals surface area contributed by atoms with E-state index in [-0.39, 0.29) is 19.1 Å². The molecule has 0 aliphatic carbocycles. The highest BCUT2D eigenvalue weighted by molar-refractivity contribution is 5.92. The molecule has 1 amide bonds. The molecule has 1 aliphatic rings. The molecule has 0 fully saturated rings. The molecular formula is C14H12N2O3. The summed E-state index contributed by atoms with van der Waals surface area (Å²) in [5.74, 6) is 1.23. The number of pyridine rings is 1. The molecule has 0 bridgehead atoms. The molecule has 2 aromatic rings. The number of rotatable bonds is 3. The van der Waals surface area contributed by atoms with Crippen LogP contribution < -0.4 is 14.8 Å². The molecule has 0 saturated carbocycles. The van der Waals surface area contributed by atoms with Crippen molar-refractivity contribution in [1.82, 2.24) is 4.98 Å². The van der Waals surface area contributed by atoms with Crippen molar-refractivity contribution >= 4 is 11.6 Å². The highest BCUT2D eigenvalue weighted by atomic mass is 16.7. The van der Waals surface area contributed by atoms with Gasteiger partial charge in [0.05, 0.1) is 6.42 Å². The van der Waals surface area contributed by atoms with Gasteiger partial charge in [-0.15, -0.1) is 0 Å². The van der Waals surface area contributed by atoms with Gasteiger partial charge in [0.25, 0.3) is 0 Å². The Morgan fingerprint density at radius 1 is 1.21 bits per heavy atom. The van der Waals surface area contributed by atoms with E-state index in [0.717, 1.165) is 5.69 Å². The number of hydrogen-bond acceptors (Lipinski definition) is 4. The maximum absolute atomic E-state index is 11.9. The molecular weight excluding hydrogens is 244 g/mol. The van der Waals surface area contributed by atoms with Crippen molar-refractivity contribution in [3.63, 3.8) is 0 Å². The van der Waals surface area contributed by atoms with Gasteiger partial charge in [0, 0.05) is 23.6 Å². The van der Waals surface area contributed by atoms with Gasteiger partial charge in [0.15, 0.2) is 11.5 Å². The van der Waals surface area contributed by atoms with Crippen LogP contribution in [0.4, 0.5) is 5.69 Å². The summed E-state index contributed by atoms with van der Waals surface area (Å²) in [5, 5.41) is 2.81. The highest BCUT2D eigenvalue weighted by Gasteiger charge is 2.14. The second-order valence-corrected chi connectivity index (χ2v) is 4.11. The molecule has 0 spiro atoms. The van der Waals surface area contributed by atoms with E-state index in [0.29, 0.717) is 17.2 Å². The lowest BCUT2D eigenvalue weighted by atomic mass is 10.2. The Bertz CT molecular complexity index is 599. The normalized spacial score (nSPS) is 12.2. The lowest BCUT2D eigenvalue weighted by molar-refractivity contribution is -0.115. The van der Waals surface area contributed by atoms with Gasteiger partial charge >= 0.3 is 0 Å². The molecule has 3 rings (SSSR count). The van der Waals surface area contributed by atoms with Crippen LogP contribution in [0.1, 0.15) is 5.69 Å². The Morgan fingerprint density at radius 2 is 2.11 bits per heavy atom. The van der Waals surface area contributed by atoms with Crippen LogP contribution >= 0.6 is 0 Å². The first-order valence-electron chi connectivity index (χ1n) is 5.91. The average Bonchev–Trinajstić information content (AvgIpc) is 2.87. The van der Waals surface area contributed by atoms with E-state index in [2.05, 4.69) is 10.3 Å². The minimum Gasteiger partial charge on any atom is -0.454 e. The predicted octanol–water partition coefficient (Wildman–Crippen LogP) is 1.99. The first-order chi connectivity index (χ1) is 9.31. The summed E-state index contributed by atoms with van der Waals surface area (Å²) in [6.07, 6.45) is 1.92. The summed E-state index contributed by atoms with van der Waals surface area (Å²) in [7, 11) is 0. The van der Waals surface area contributed by atoms with Crippen LogP contribution in [0.25, 0.3) is 0 Å². The van der Waals surface area contributed by atoms with Gasteiger partial charge in [-0.05, 0) is 24.3 Å². The number of amides is 1. The van der Waals surface area contributed by atoms with Crippen LogP contribution in [-0.4, -0.2) is 17.7 Å². The lowest BCUT2D eigenvalue weighted by Gasteiger charge is -2.05. The number of anilines is 1. The molecule has 2 heterocycles. The van der Waals surface area contributed by atoms with Gasteiger partial charge in [-0.3, -0.25) is 9.78 Å². The van der Waals surface area contributed by atoms with Crippen LogP contribution in [-0.2, 0) is 11.2 Å². The van der Waals surface area contributed by atoms with Crippen LogP contribution in [0.15, 0.2) is 42.6 Å².